The van der Waals surface area contributed by atoms with Crippen molar-refractivity contribution in [2.24, 2.45) is 11.7 Å². The van der Waals surface area contributed by atoms with E-state index in [0.29, 0.717) is 19.6 Å². The second-order valence-corrected chi connectivity index (χ2v) is 6.64. The summed E-state index contributed by atoms with van der Waals surface area (Å²) in [6.45, 7) is 7.47. The summed E-state index contributed by atoms with van der Waals surface area (Å²) in [6, 6.07) is 9.01. The Morgan fingerprint density at radius 2 is 1.92 bits per heavy atom. The maximum Gasteiger partial charge on any atom is 0.410 e. The van der Waals surface area contributed by atoms with Crippen LogP contribution in [0.2, 0.25) is 0 Å². The van der Waals surface area contributed by atoms with E-state index in [4.69, 9.17) is 10.5 Å². The molecule has 1 aliphatic rings. The highest BCUT2D eigenvalue weighted by atomic mass is 16.6. The Balaban J connectivity index is 1.86. The molecule has 0 aliphatic carbocycles. The lowest BCUT2D eigenvalue weighted by Gasteiger charge is -2.40. The molecule has 6 heteroatoms. The lowest BCUT2D eigenvalue weighted by Crippen LogP contribution is -2.59. The SMILES string of the molecule is CC(C)[C@H](N)C(=O)N1CCN(C(=O)OCc2ccccc2)CC1C. The summed E-state index contributed by atoms with van der Waals surface area (Å²) in [5.74, 6) is 0.0494. The van der Waals surface area contributed by atoms with Gasteiger partial charge in [-0.15, -0.1) is 0 Å². The van der Waals surface area contributed by atoms with Crippen molar-refractivity contribution in [3.63, 3.8) is 0 Å². The van der Waals surface area contributed by atoms with Gasteiger partial charge in [-0.1, -0.05) is 44.2 Å². The van der Waals surface area contributed by atoms with Gasteiger partial charge in [0.25, 0.3) is 0 Å². The van der Waals surface area contributed by atoms with E-state index in [1.807, 2.05) is 51.1 Å². The minimum absolute atomic E-state index is 0.0465. The molecule has 2 atom stereocenters. The zero-order valence-electron chi connectivity index (χ0n) is 14.6. The van der Waals surface area contributed by atoms with Crippen molar-refractivity contribution in [3.8, 4) is 0 Å². The van der Waals surface area contributed by atoms with E-state index in [9.17, 15) is 9.59 Å². The molecule has 1 saturated heterocycles. The minimum atomic E-state index is -0.496. The molecule has 1 fully saturated rings. The van der Waals surface area contributed by atoms with Crippen molar-refractivity contribution in [1.82, 2.24) is 9.80 Å². The van der Waals surface area contributed by atoms with Crippen molar-refractivity contribution in [1.29, 1.82) is 0 Å². The molecular weight excluding hydrogens is 306 g/mol. The van der Waals surface area contributed by atoms with Crippen molar-refractivity contribution in [2.75, 3.05) is 19.6 Å². The predicted molar refractivity (Wildman–Crippen MR) is 92.2 cm³/mol. The van der Waals surface area contributed by atoms with E-state index in [1.165, 1.54) is 0 Å². The van der Waals surface area contributed by atoms with Crippen LogP contribution in [0.15, 0.2) is 30.3 Å². The molecule has 0 saturated carbocycles. The molecule has 24 heavy (non-hydrogen) atoms. The first kappa shape index (κ1) is 18.3. The number of piperazine rings is 1. The van der Waals surface area contributed by atoms with Crippen LogP contribution in [0.5, 0.6) is 0 Å². The van der Waals surface area contributed by atoms with Crippen molar-refractivity contribution in [3.05, 3.63) is 35.9 Å². The van der Waals surface area contributed by atoms with Gasteiger partial charge in [-0.05, 0) is 18.4 Å². The summed E-state index contributed by atoms with van der Waals surface area (Å²) in [6.07, 6.45) is -0.342. The van der Waals surface area contributed by atoms with Gasteiger partial charge in [-0.2, -0.15) is 0 Å². The van der Waals surface area contributed by atoms with Crippen LogP contribution in [0.1, 0.15) is 26.3 Å². The van der Waals surface area contributed by atoms with E-state index in [0.717, 1.165) is 5.56 Å². The van der Waals surface area contributed by atoms with Crippen LogP contribution in [-0.4, -0.2) is 53.5 Å². The molecule has 0 bridgehead atoms. The van der Waals surface area contributed by atoms with Gasteiger partial charge in [0.2, 0.25) is 5.91 Å². The zero-order chi connectivity index (χ0) is 17.7. The third-order valence-corrected chi connectivity index (χ3v) is 4.38. The topological polar surface area (TPSA) is 75.9 Å². The van der Waals surface area contributed by atoms with Gasteiger partial charge in [0.05, 0.1) is 6.04 Å². The summed E-state index contributed by atoms with van der Waals surface area (Å²) in [5, 5.41) is 0. The smallest absolute Gasteiger partial charge is 0.410 e. The van der Waals surface area contributed by atoms with Gasteiger partial charge in [0.15, 0.2) is 0 Å². The largest absolute Gasteiger partial charge is 0.445 e. The molecule has 6 nitrogen and oxygen atoms in total. The molecule has 0 aromatic heterocycles. The van der Waals surface area contributed by atoms with Crippen LogP contribution >= 0.6 is 0 Å². The number of nitrogens with zero attached hydrogens (tertiary/aromatic N) is 2. The van der Waals surface area contributed by atoms with Gasteiger partial charge in [0, 0.05) is 25.7 Å². The molecule has 1 heterocycles. The summed E-state index contributed by atoms with van der Waals surface area (Å²) < 4.78 is 5.36. The maximum atomic E-state index is 12.4. The molecule has 1 aliphatic heterocycles. The number of carbonyl (C=O) groups excluding carboxylic acids is 2. The zero-order valence-corrected chi connectivity index (χ0v) is 14.6. The first-order valence-electron chi connectivity index (χ1n) is 8.42. The van der Waals surface area contributed by atoms with Crippen LogP contribution < -0.4 is 5.73 Å². The number of ether oxygens (including phenoxy) is 1. The fourth-order valence-electron chi connectivity index (χ4n) is 2.74. The normalized spacial score (nSPS) is 19.3. The fourth-order valence-corrected chi connectivity index (χ4v) is 2.74. The van der Waals surface area contributed by atoms with Crippen molar-refractivity contribution < 1.29 is 14.3 Å². The first-order chi connectivity index (χ1) is 11.4. The molecule has 1 aromatic rings. The minimum Gasteiger partial charge on any atom is -0.445 e. The van der Waals surface area contributed by atoms with Crippen molar-refractivity contribution >= 4 is 12.0 Å². The van der Waals surface area contributed by atoms with Crippen LogP contribution in [-0.2, 0) is 16.1 Å². The quantitative estimate of drug-likeness (QED) is 0.912. The number of benzene rings is 1. The highest BCUT2D eigenvalue weighted by Crippen LogP contribution is 2.14. The molecule has 2 rings (SSSR count). The monoisotopic (exact) mass is 333 g/mol. The number of hydrogen-bond acceptors (Lipinski definition) is 4. The number of hydrogen-bond donors (Lipinski definition) is 1. The average Bonchev–Trinajstić information content (AvgIpc) is 2.59. The number of carbonyl (C=O) groups is 2. The van der Waals surface area contributed by atoms with Gasteiger partial charge in [-0.3, -0.25) is 4.79 Å². The Bertz CT molecular complexity index is 562. The van der Waals surface area contributed by atoms with Gasteiger partial charge < -0.3 is 20.3 Å². The van der Waals surface area contributed by atoms with Crippen LogP contribution in [0.4, 0.5) is 4.79 Å². The summed E-state index contributed by atoms with van der Waals surface area (Å²) in [4.78, 5) is 28.0. The number of rotatable bonds is 4. The lowest BCUT2D eigenvalue weighted by molar-refractivity contribution is -0.137. The van der Waals surface area contributed by atoms with E-state index in [1.54, 1.807) is 9.80 Å². The lowest BCUT2D eigenvalue weighted by atomic mass is 10.0. The molecule has 0 radical (unpaired) electrons. The Morgan fingerprint density at radius 3 is 2.50 bits per heavy atom. The van der Waals surface area contributed by atoms with Crippen LogP contribution in [0.3, 0.4) is 0 Å². The number of amides is 2. The van der Waals surface area contributed by atoms with E-state index in [-0.39, 0.29) is 30.6 Å². The van der Waals surface area contributed by atoms with E-state index < -0.39 is 6.04 Å². The maximum absolute atomic E-state index is 12.4. The van der Waals surface area contributed by atoms with Gasteiger partial charge >= 0.3 is 6.09 Å². The standard InChI is InChI=1S/C18H27N3O3/c1-13(2)16(19)17(22)21-10-9-20(11-14(21)3)18(23)24-12-15-7-5-4-6-8-15/h4-8,13-14,16H,9-12,19H2,1-3H3/t14?,16-/m0/s1. The van der Waals surface area contributed by atoms with Crippen LogP contribution in [0, 0.1) is 5.92 Å². The third-order valence-electron chi connectivity index (χ3n) is 4.38. The fraction of sp³-hybridized carbons (Fsp3) is 0.556. The highest BCUT2D eigenvalue weighted by Gasteiger charge is 2.33. The highest BCUT2D eigenvalue weighted by molar-refractivity contribution is 5.82. The summed E-state index contributed by atoms with van der Waals surface area (Å²) >= 11 is 0. The number of nitrogens with two attached hydrogens (primary N) is 1. The Labute approximate surface area is 143 Å². The molecule has 1 unspecified atom stereocenters. The molecule has 1 aromatic carbocycles. The van der Waals surface area contributed by atoms with E-state index in [2.05, 4.69) is 0 Å². The molecule has 2 N–H and O–H groups in total. The molecule has 2 amide bonds. The Hall–Kier alpha value is -2.08. The summed E-state index contributed by atoms with van der Waals surface area (Å²) in [7, 11) is 0. The average molecular weight is 333 g/mol. The molecule has 0 spiro atoms. The summed E-state index contributed by atoms with van der Waals surface area (Å²) in [5.41, 5.74) is 6.92. The first-order valence-corrected chi connectivity index (χ1v) is 8.42. The molecule has 132 valence electrons. The van der Waals surface area contributed by atoms with Gasteiger partial charge in [0.1, 0.15) is 6.61 Å². The predicted octanol–water partition coefficient (Wildman–Crippen LogP) is 1.84. The van der Waals surface area contributed by atoms with Crippen molar-refractivity contribution in [2.45, 2.75) is 39.5 Å². The van der Waals surface area contributed by atoms with Gasteiger partial charge in [-0.25, -0.2) is 4.79 Å². The second kappa shape index (κ2) is 8.15. The van der Waals surface area contributed by atoms with E-state index >= 15 is 0 Å². The second-order valence-electron chi connectivity index (χ2n) is 6.64. The third kappa shape index (κ3) is 4.47. The Morgan fingerprint density at radius 1 is 1.25 bits per heavy atom. The molecular formula is C18H27N3O3. The Kier molecular flexibility index (Phi) is 6.20. The van der Waals surface area contributed by atoms with Crippen LogP contribution in [0.25, 0.3) is 0 Å².